The van der Waals surface area contributed by atoms with Crippen molar-refractivity contribution in [2.24, 2.45) is 11.8 Å². The number of nitrogens with zero attached hydrogens (tertiary/aromatic N) is 1. The van der Waals surface area contributed by atoms with Crippen LogP contribution in [0.1, 0.15) is 36.5 Å². The third kappa shape index (κ3) is 2.31. The molecule has 0 aromatic heterocycles. The van der Waals surface area contributed by atoms with Crippen LogP contribution in [0.3, 0.4) is 0 Å². The van der Waals surface area contributed by atoms with Crippen molar-refractivity contribution in [2.45, 2.75) is 31.8 Å². The predicted molar refractivity (Wildman–Crippen MR) is 77.0 cm³/mol. The van der Waals surface area contributed by atoms with E-state index in [0.29, 0.717) is 12.8 Å². The molecular formula is C16H19NO4. The Labute approximate surface area is 123 Å². The van der Waals surface area contributed by atoms with Crippen LogP contribution in [0.5, 0.6) is 0 Å². The maximum Gasteiger partial charge on any atom is 0.306 e. The molecule has 5 heteroatoms. The topological polar surface area (TPSA) is 77.8 Å². The number of benzene rings is 1. The summed E-state index contributed by atoms with van der Waals surface area (Å²) in [6.45, 7) is 0. The molecule has 3 unspecified atom stereocenters. The molecule has 2 N–H and O–H groups in total. The van der Waals surface area contributed by atoms with Gasteiger partial charge < -0.3 is 15.1 Å². The van der Waals surface area contributed by atoms with Gasteiger partial charge in [-0.2, -0.15) is 0 Å². The average Bonchev–Trinajstić information content (AvgIpc) is 3.04. The minimum Gasteiger partial charge on any atom is -0.481 e. The number of hydrogen-bond donors (Lipinski definition) is 2. The van der Waals surface area contributed by atoms with Gasteiger partial charge in [0.05, 0.1) is 18.4 Å². The number of fused-ring (bicyclic) bond motifs is 1. The molecule has 0 radical (unpaired) electrons. The van der Waals surface area contributed by atoms with Gasteiger partial charge >= 0.3 is 5.97 Å². The number of aliphatic hydroxyl groups is 1. The van der Waals surface area contributed by atoms with Gasteiger partial charge in [-0.15, -0.1) is 0 Å². The number of carboxylic acids is 1. The highest BCUT2D eigenvalue weighted by molar-refractivity contribution is 6.00. The molecule has 1 aliphatic heterocycles. The summed E-state index contributed by atoms with van der Waals surface area (Å²) < 4.78 is 0. The summed E-state index contributed by atoms with van der Waals surface area (Å²) in [5, 5.41) is 19.8. The SMILES string of the molecule is CN1C(=O)Cc2cc(C(O)C3CCCC3C(=O)O)ccc21. The maximum absolute atomic E-state index is 11.7. The zero-order valence-corrected chi connectivity index (χ0v) is 12.0. The quantitative estimate of drug-likeness (QED) is 0.888. The van der Waals surface area contributed by atoms with Crippen molar-refractivity contribution in [2.75, 3.05) is 11.9 Å². The van der Waals surface area contributed by atoms with E-state index in [4.69, 9.17) is 0 Å². The molecule has 1 aliphatic carbocycles. The van der Waals surface area contributed by atoms with E-state index in [2.05, 4.69) is 0 Å². The third-order valence-corrected chi connectivity index (χ3v) is 4.81. The summed E-state index contributed by atoms with van der Waals surface area (Å²) >= 11 is 0. The molecule has 5 nitrogen and oxygen atoms in total. The fraction of sp³-hybridized carbons (Fsp3) is 0.500. The minimum absolute atomic E-state index is 0.0425. The van der Waals surface area contributed by atoms with Gasteiger partial charge in [-0.3, -0.25) is 9.59 Å². The van der Waals surface area contributed by atoms with Gasteiger partial charge in [-0.05, 0) is 30.0 Å². The Morgan fingerprint density at radius 3 is 2.86 bits per heavy atom. The molecule has 1 heterocycles. The highest BCUT2D eigenvalue weighted by Crippen LogP contribution is 2.41. The molecular weight excluding hydrogens is 270 g/mol. The van der Waals surface area contributed by atoms with Gasteiger partial charge in [0.15, 0.2) is 0 Å². The highest BCUT2D eigenvalue weighted by Gasteiger charge is 2.38. The van der Waals surface area contributed by atoms with Crippen LogP contribution in [0.15, 0.2) is 18.2 Å². The summed E-state index contributed by atoms with van der Waals surface area (Å²) in [5.74, 6) is -1.50. The van der Waals surface area contributed by atoms with E-state index >= 15 is 0 Å². The Morgan fingerprint density at radius 2 is 2.14 bits per heavy atom. The van der Waals surface area contributed by atoms with Crippen molar-refractivity contribution in [1.82, 2.24) is 0 Å². The Kier molecular flexibility index (Phi) is 3.45. The van der Waals surface area contributed by atoms with E-state index in [0.717, 1.165) is 29.7 Å². The second kappa shape index (κ2) is 5.15. The first kappa shape index (κ1) is 14.1. The lowest BCUT2D eigenvalue weighted by Gasteiger charge is -2.23. The average molecular weight is 289 g/mol. The Morgan fingerprint density at radius 1 is 1.38 bits per heavy atom. The van der Waals surface area contributed by atoms with Gasteiger partial charge in [-0.1, -0.05) is 18.6 Å². The second-order valence-corrected chi connectivity index (χ2v) is 6.00. The van der Waals surface area contributed by atoms with Crippen LogP contribution < -0.4 is 4.90 Å². The van der Waals surface area contributed by atoms with Crippen LogP contribution in [0.25, 0.3) is 0 Å². The molecule has 1 aromatic carbocycles. The van der Waals surface area contributed by atoms with Crippen molar-refractivity contribution in [3.8, 4) is 0 Å². The van der Waals surface area contributed by atoms with E-state index in [9.17, 15) is 19.8 Å². The van der Waals surface area contributed by atoms with Gasteiger partial charge in [0.25, 0.3) is 0 Å². The lowest BCUT2D eigenvalue weighted by Crippen LogP contribution is -2.24. The van der Waals surface area contributed by atoms with Crippen molar-refractivity contribution < 1.29 is 19.8 Å². The lowest BCUT2D eigenvalue weighted by molar-refractivity contribution is -0.144. The summed E-state index contributed by atoms with van der Waals surface area (Å²) in [5.41, 5.74) is 2.50. The first-order chi connectivity index (χ1) is 9.99. The zero-order chi connectivity index (χ0) is 15.1. The molecule has 0 saturated heterocycles. The number of carboxylic acid groups (broad SMARTS) is 1. The number of carbonyl (C=O) groups excluding carboxylic acids is 1. The number of rotatable bonds is 3. The summed E-state index contributed by atoms with van der Waals surface area (Å²) in [6.07, 6.45) is 1.77. The van der Waals surface area contributed by atoms with Crippen molar-refractivity contribution >= 4 is 17.6 Å². The van der Waals surface area contributed by atoms with E-state index in [-0.39, 0.29) is 11.8 Å². The molecule has 1 saturated carbocycles. The van der Waals surface area contributed by atoms with E-state index in [1.54, 1.807) is 18.0 Å². The molecule has 0 spiro atoms. The smallest absolute Gasteiger partial charge is 0.306 e. The number of aliphatic carboxylic acids is 1. The largest absolute Gasteiger partial charge is 0.481 e. The fourth-order valence-electron chi connectivity index (χ4n) is 3.59. The molecule has 21 heavy (non-hydrogen) atoms. The van der Waals surface area contributed by atoms with E-state index in [1.165, 1.54) is 0 Å². The number of likely N-dealkylation sites (N-methyl/N-ethyl adjacent to an activating group) is 1. The van der Waals surface area contributed by atoms with E-state index in [1.807, 2.05) is 12.1 Å². The van der Waals surface area contributed by atoms with Gasteiger partial charge in [0.1, 0.15) is 0 Å². The number of amides is 1. The second-order valence-electron chi connectivity index (χ2n) is 6.00. The van der Waals surface area contributed by atoms with Crippen LogP contribution >= 0.6 is 0 Å². The fourth-order valence-corrected chi connectivity index (χ4v) is 3.59. The zero-order valence-electron chi connectivity index (χ0n) is 12.0. The van der Waals surface area contributed by atoms with Crippen LogP contribution in [0.2, 0.25) is 0 Å². The van der Waals surface area contributed by atoms with Crippen LogP contribution in [-0.2, 0) is 16.0 Å². The van der Waals surface area contributed by atoms with Gasteiger partial charge in [-0.25, -0.2) is 0 Å². The molecule has 1 fully saturated rings. The minimum atomic E-state index is -0.826. The summed E-state index contributed by atoms with van der Waals surface area (Å²) in [6, 6.07) is 5.48. The van der Waals surface area contributed by atoms with Crippen molar-refractivity contribution in [3.05, 3.63) is 29.3 Å². The van der Waals surface area contributed by atoms with Gasteiger partial charge in [0, 0.05) is 18.7 Å². The standard InChI is InChI=1S/C16H19NO4/c1-17-13-6-5-9(7-10(13)8-14(17)18)15(19)11-3-2-4-12(11)16(20)21/h5-7,11-12,15,19H,2-4,8H2,1H3,(H,20,21). The third-order valence-electron chi connectivity index (χ3n) is 4.81. The summed E-state index contributed by atoms with van der Waals surface area (Å²) in [4.78, 5) is 24.6. The predicted octanol–water partition coefficient (Wildman–Crippen LogP) is 1.74. The first-order valence-electron chi connectivity index (χ1n) is 7.29. The number of aliphatic hydroxyl groups excluding tert-OH is 1. The Bertz CT molecular complexity index is 598. The molecule has 1 amide bonds. The monoisotopic (exact) mass is 289 g/mol. The Balaban J connectivity index is 1.86. The van der Waals surface area contributed by atoms with Crippen molar-refractivity contribution in [3.63, 3.8) is 0 Å². The Hall–Kier alpha value is -1.88. The number of carbonyl (C=O) groups is 2. The van der Waals surface area contributed by atoms with Crippen LogP contribution in [-0.4, -0.2) is 29.1 Å². The van der Waals surface area contributed by atoms with Gasteiger partial charge in [0.2, 0.25) is 5.91 Å². The molecule has 1 aromatic rings. The number of anilines is 1. The highest BCUT2D eigenvalue weighted by atomic mass is 16.4. The maximum atomic E-state index is 11.7. The lowest BCUT2D eigenvalue weighted by atomic mass is 9.86. The normalized spacial score (nSPS) is 26.0. The first-order valence-corrected chi connectivity index (χ1v) is 7.29. The number of hydrogen-bond acceptors (Lipinski definition) is 3. The van der Waals surface area contributed by atoms with Crippen LogP contribution in [0.4, 0.5) is 5.69 Å². The molecule has 3 rings (SSSR count). The van der Waals surface area contributed by atoms with Crippen LogP contribution in [0, 0.1) is 11.8 Å². The molecule has 2 aliphatic rings. The van der Waals surface area contributed by atoms with E-state index < -0.39 is 18.0 Å². The molecule has 112 valence electrons. The molecule has 3 atom stereocenters. The van der Waals surface area contributed by atoms with Crippen molar-refractivity contribution in [1.29, 1.82) is 0 Å². The summed E-state index contributed by atoms with van der Waals surface area (Å²) in [7, 11) is 1.74. The molecule has 0 bridgehead atoms.